The maximum absolute atomic E-state index is 12.0. The molecule has 2 atom stereocenters. The zero-order valence-corrected chi connectivity index (χ0v) is 20.5. The van der Waals surface area contributed by atoms with Crippen LogP contribution < -0.4 is 0 Å². The van der Waals surface area contributed by atoms with Crippen molar-refractivity contribution in [2.24, 2.45) is 11.8 Å². The van der Waals surface area contributed by atoms with E-state index in [1.165, 1.54) is 25.7 Å². The van der Waals surface area contributed by atoms with Gasteiger partial charge in [-0.25, -0.2) is 0 Å². The summed E-state index contributed by atoms with van der Waals surface area (Å²) in [5.41, 5.74) is 0. The van der Waals surface area contributed by atoms with Gasteiger partial charge in [0.05, 0.1) is 25.0 Å². The van der Waals surface area contributed by atoms with Gasteiger partial charge in [0.2, 0.25) is 0 Å². The van der Waals surface area contributed by atoms with Crippen LogP contribution in [0.25, 0.3) is 0 Å². The van der Waals surface area contributed by atoms with Crippen molar-refractivity contribution in [3.8, 4) is 0 Å². The van der Waals surface area contributed by atoms with Crippen molar-refractivity contribution < 1.29 is 19.1 Å². The highest BCUT2D eigenvalue weighted by Crippen LogP contribution is 2.16. The van der Waals surface area contributed by atoms with E-state index in [0.29, 0.717) is 13.2 Å². The van der Waals surface area contributed by atoms with Gasteiger partial charge >= 0.3 is 11.9 Å². The van der Waals surface area contributed by atoms with Crippen LogP contribution in [-0.4, -0.2) is 25.2 Å². The Bertz CT molecular complexity index is 370. The molecule has 2 unspecified atom stereocenters. The smallest absolute Gasteiger partial charge is 0.308 e. The summed E-state index contributed by atoms with van der Waals surface area (Å²) in [6.45, 7) is 9.60. The van der Waals surface area contributed by atoms with E-state index in [0.717, 1.165) is 77.0 Å². The van der Waals surface area contributed by atoms with Gasteiger partial charge in [0.15, 0.2) is 0 Å². The Kier molecular flexibility index (Phi) is 20.4. The van der Waals surface area contributed by atoms with E-state index in [2.05, 4.69) is 27.7 Å². The van der Waals surface area contributed by atoms with Crippen molar-refractivity contribution in [2.45, 2.75) is 130 Å². The van der Waals surface area contributed by atoms with Gasteiger partial charge in [-0.2, -0.15) is 0 Å². The van der Waals surface area contributed by atoms with Gasteiger partial charge in [-0.1, -0.05) is 91.9 Å². The third-order valence-corrected chi connectivity index (χ3v) is 5.99. The molecule has 0 aromatic rings. The summed E-state index contributed by atoms with van der Waals surface area (Å²) in [5, 5.41) is 0. The van der Waals surface area contributed by atoms with E-state index >= 15 is 0 Å². The number of hydrogen-bond donors (Lipinski definition) is 0. The Hall–Kier alpha value is -1.06. The van der Waals surface area contributed by atoms with Crippen molar-refractivity contribution in [1.82, 2.24) is 0 Å². The Labute approximate surface area is 186 Å². The molecule has 0 spiro atoms. The Morgan fingerprint density at radius 1 is 0.533 bits per heavy atom. The number of esters is 2. The molecule has 0 rings (SSSR count). The molecule has 0 fully saturated rings. The lowest BCUT2D eigenvalue weighted by atomic mass is 10.00. The summed E-state index contributed by atoms with van der Waals surface area (Å²) in [4.78, 5) is 24.1. The normalized spacial score (nSPS) is 13.1. The zero-order chi connectivity index (χ0) is 22.5. The van der Waals surface area contributed by atoms with Crippen LogP contribution in [0.2, 0.25) is 0 Å². The van der Waals surface area contributed by atoms with Gasteiger partial charge in [-0.05, 0) is 38.5 Å². The van der Waals surface area contributed by atoms with Crippen molar-refractivity contribution in [2.75, 3.05) is 13.2 Å². The fourth-order valence-electron chi connectivity index (χ4n) is 3.72. The number of carbonyl (C=O) groups is 2. The molecule has 0 bridgehead atoms. The maximum atomic E-state index is 12.0. The van der Waals surface area contributed by atoms with Gasteiger partial charge < -0.3 is 9.47 Å². The van der Waals surface area contributed by atoms with Crippen LogP contribution in [0.3, 0.4) is 0 Å². The number of carbonyl (C=O) groups excluding carboxylic acids is 2. The summed E-state index contributed by atoms with van der Waals surface area (Å²) < 4.78 is 10.9. The highest BCUT2D eigenvalue weighted by atomic mass is 16.5. The second kappa shape index (κ2) is 21.2. The molecule has 0 aromatic carbocycles. The third kappa shape index (κ3) is 15.7. The first-order chi connectivity index (χ1) is 14.6. The largest absolute Gasteiger partial charge is 0.465 e. The number of unbranched alkanes of at least 4 members (excludes halogenated alkanes) is 9. The first kappa shape index (κ1) is 28.9. The van der Waals surface area contributed by atoms with Crippen LogP contribution in [0.4, 0.5) is 0 Å². The average molecular weight is 427 g/mol. The molecule has 178 valence electrons. The third-order valence-electron chi connectivity index (χ3n) is 5.99. The van der Waals surface area contributed by atoms with Gasteiger partial charge in [-0.15, -0.1) is 0 Å². The first-order valence-electron chi connectivity index (χ1n) is 12.9. The maximum Gasteiger partial charge on any atom is 0.308 e. The average Bonchev–Trinajstić information content (AvgIpc) is 2.75. The topological polar surface area (TPSA) is 52.6 Å². The first-order valence-corrected chi connectivity index (χ1v) is 12.9. The quantitative estimate of drug-likeness (QED) is 0.140. The summed E-state index contributed by atoms with van der Waals surface area (Å²) >= 11 is 0. The van der Waals surface area contributed by atoms with Crippen LogP contribution in [-0.2, 0) is 19.1 Å². The molecule has 0 radical (unpaired) electrons. The Balaban J connectivity index is 3.50. The molecule has 0 aromatic heterocycles. The highest BCUT2D eigenvalue weighted by molar-refractivity contribution is 5.72. The monoisotopic (exact) mass is 426 g/mol. The van der Waals surface area contributed by atoms with Gasteiger partial charge in [-0.3, -0.25) is 9.59 Å². The lowest BCUT2D eigenvalue weighted by molar-refractivity contribution is -0.150. The SMILES string of the molecule is CCCCC(CC)C(=O)OCCCCCCCCCCOC(=O)C(CC)CCCC. The van der Waals surface area contributed by atoms with Crippen LogP contribution in [0.1, 0.15) is 130 Å². The summed E-state index contributed by atoms with van der Waals surface area (Å²) in [6.07, 6.45) is 17.3. The minimum absolute atomic E-state index is 0.00210. The number of rotatable bonds is 21. The van der Waals surface area contributed by atoms with E-state index in [9.17, 15) is 9.59 Å². The van der Waals surface area contributed by atoms with Gasteiger partial charge in [0.1, 0.15) is 0 Å². The predicted octanol–water partition coefficient (Wildman–Crippen LogP) is 7.63. The fourth-order valence-corrected chi connectivity index (χ4v) is 3.72. The minimum atomic E-state index is 0.00210. The lowest BCUT2D eigenvalue weighted by Crippen LogP contribution is -2.17. The number of hydrogen-bond acceptors (Lipinski definition) is 4. The molecular weight excluding hydrogens is 376 g/mol. The van der Waals surface area contributed by atoms with Crippen LogP contribution in [0.15, 0.2) is 0 Å². The molecule has 30 heavy (non-hydrogen) atoms. The second-order valence-electron chi connectivity index (χ2n) is 8.66. The minimum Gasteiger partial charge on any atom is -0.465 e. The summed E-state index contributed by atoms with van der Waals surface area (Å²) in [5.74, 6) is 0.186. The predicted molar refractivity (Wildman–Crippen MR) is 125 cm³/mol. The highest BCUT2D eigenvalue weighted by Gasteiger charge is 2.17. The van der Waals surface area contributed by atoms with Crippen molar-refractivity contribution in [1.29, 1.82) is 0 Å². The van der Waals surface area contributed by atoms with Gasteiger partial charge in [0, 0.05) is 0 Å². The standard InChI is InChI=1S/C26H50O4/c1-5-9-19-23(7-3)25(27)29-21-17-15-13-11-12-14-16-18-22-30-26(28)24(8-4)20-10-6-2/h23-24H,5-22H2,1-4H3. The molecule has 0 aliphatic carbocycles. The van der Waals surface area contributed by atoms with E-state index in [1.807, 2.05) is 0 Å². The molecule has 0 N–H and O–H groups in total. The second-order valence-corrected chi connectivity index (χ2v) is 8.66. The van der Waals surface area contributed by atoms with E-state index < -0.39 is 0 Å². The Morgan fingerprint density at radius 3 is 1.17 bits per heavy atom. The van der Waals surface area contributed by atoms with E-state index in [1.54, 1.807) is 0 Å². The lowest BCUT2D eigenvalue weighted by Gasteiger charge is -2.13. The molecule has 4 heteroatoms. The van der Waals surface area contributed by atoms with Crippen molar-refractivity contribution in [3.05, 3.63) is 0 Å². The van der Waals surface area contributed by atoms with Gasteiger partial charge in [0.25, 0.3) is 0 Å². The molecule has 0 saturated carbocycles. The summed E-state index contributed by atoms with van der Waals surface area (Å²) in [6, 6.07) is 0. The van der Waals surface area contributed by atoms with Crippen LogP contribution >= 0.6 is 0 Å². The Morgan fingerprint density at radius 2 is 0.867 bits per heavy atom. The molecular formula is C26H50O4. The van der Waals surface area contributed by atoms with Crippen molar-refractivity contribution in [3.63, 3.8) is 0 Å². The van der Waals surface area contributed by atoms with Crippen LogP contribution in [0.5, 0.6) is 0 Å². The van der Waals surface area contributed by atoms with Crippen molar-refractivity contribution >= 4 is 11.9 Å². The molecule has 0 amide bonds. The number of ether oxygens (including phenoxy) is 2. The summed E-state index contributed by atoms with van der Waals surface area (Å²) in [7, 11) is 0. The van der Waals surface area contributed by atoms with E-state index in [-0.39, 0.29) is 23.8 Å². The molecule has 0 aliphatic heterocycles. The zero-order valence-electron chi connectivity index (χ0n) is 20.5. The molecule has 0 saturated heterocycles. The van der Waals surface area contributed by atoms with E-state index in [4.69, 9.17) is 9.47 Å². The molecule has 0 heterocycles. The molecule has 0 aliphatic rings. The fraction of sp³-hybridized carbons (Fsp3) is 0.923. The van der Waals surface area contributed by atoms with Crippen LogP contribution in [0, 0.1) is 11.8 Å². The molecule has 4 nitrogen and oxygen atoms in total.